The van der Waals surface area contributed by atoms with Crippen LogP contribution < -0.4 is 10.6 Å². The van der Waals surface area contributed by atoms with Gasteiger partial charge >= 0.3 is 23.9 Å². The summed E-state index contributed by atoms with van der Waals surface area (Å²) in [5.41, 5.74) is 11.8. The summed E-state index contributed by atoms with van der Waals surface area (Å²) >= 11 is 0. The van der Waals surface area contributed by atoms with Crippen molar-refractivity contribution in [2.24, 2.45) is 0 Å². The topological polar surface area (TPSA) is 283 Å². The number of unbranched alkanes of at least 4 members (excludes halogenated alkanes) is 4. The molecule has 18 heteroatoms. The number of hydrogen-bond acceptors (Lipinski definition) is 10. The molecule has 4 atom stereocenters. The van der Waals surface area contributed by atoms with Crippen LogP contribution in [-0.4, -0.2) is 101 Å². The van der Waals surface area contributed by atoms with Gasteiger partial charge in [0.05, 0.1) is 47.8 Å². The summed E-state index contributed by atoms with van der Waals surface area (Å²) in [4.78, 5) is 90.5. The van der Waals surface area contributed by atoms with Gasteiger partial charge in [-0.1, -0.05) is 39.5 Å². The minimum atomic E-state index is -1.63. The Morgan fingerprint density at radius 2 is 0.943 bits per heavy atom. The molecule has 0 radical (unpaired) electrons. The van der Waals surface area contributed by atoms with Crippen molar-refractivity contribution >= 4 is 80.1 Å². The first kappa shape index (κ1) is 54.3. The summed E-state index contributed by atoms with van der Waals surface area (Å²) in [6.07, 6.45) is 3.56. The number of nitrogens with one attached hydrogen (secondary N) is 4. The number of carbonyl (C=O) groups is 6. The monoisotopic (exact) mass is 968 g/mol. The average molecular weight is 969 g/mol. The Labute approximate surface area is 407 Å². The van der Waals surface area contributed by atoms with Crippen LogP contribution in [0.1, 0.15) is 176 Å². The third-order valence-corrected chi connectivity index (χ3v) is 12.9. The maximum atomic E-state index is 13.3. The highest BCUT2D eigenvalue weighted by Crippen LogP contribution is 2.39. The molecular formula is C52H68N6O12. The van der Waals surface area contributed by atoms with Gasteiger partial charge < -0.3 is 50.5 Å². The molecule has 8 N–H and O–H groups in total. The van der Waals surface area contributed by atoms with Crippen LogP contribution in [0.3, 0.4) is 0 Å². The third-order valence-electron chi connectivity index (χ3n) is 12.9. The molecule has 0 saturated carbocycles. The van der Waals surface area contributed by atoms with Crippen molar-refractivity contribution in [3.8, 4) is 0 Å². The van der Waals surface area contributed by atoms with Gasteiger partial charge in [0, 0.05) is 59.2 Å². The van der Waals surface area contributed by atoms with Gasteiger partial charge in [-0.2, -0.15) is 0 Å². The van der Waals surface area contributed by atoms with Gasteiger partial charge in [-0.3, -0.25) is 19.2 Å². The summed E-state index contributed by atoms with van der Waals surface area (Å²) in [7, 11) is 0. The van der Waals surface area contributed by atoms with Gasteiger partial charge in [-0.25, -0.2) is 19.6 Å². The van der Waals surface area contributed by atoms with E-state index < -0.39 is 60.6 Å². The van der Waals surface area contributed by atoms with Crippen molar-refractivity contribution in [3.05, 3.63) is 69.3 Å². The zero-order chi connectivity index (χ0) is 51.4. The van der Waals surface area contributed by atoms with E-state index in [9.17, 15) is 49.2 Å². The molecule has 8 bridgehead atoms. The Bertz CT molecular complexity index is 2710. The highest BCUT2D eigenvalue weighted by atomic mass is 16.5. The number of rotatable bonds is 26. The zero-order valence-corrected chi connectivity index (χ0v) is 41.5. The smallest absolute Gasteiger partial charge is 0.326 e. The number of allylic oxidation sites excluding steroid dienone is 4. The fourth-order valence-electron chi connectivity index (χ4n) is 8.97. The molecule has 2 amide bonds. The largest absolute Gasteiger partial charge is 0.481 e. The standard InChI is InChI=1S/C52H68N6O12/c1-9-11-13-19-69-31(7)49-29(5)37-21-35-27(3)33(15-17-45(59)57-43(51(65)66)25-47(61)62)39(53-35)24-40-34(16-18-46(60)58-44(52(67)68)26-48(63)64)28(4)36(54-40)22-41-50(32(8)70-20-14-12-10-2)30(6)38(56-41)23-42(49)55-37/h21-24,31-32,43-44,55-56H,9-20,25-26H2,1-8H3,(H,57,59)(H,58,60)(H,61,62)(H,63,64)(H,65,66)(H,67,68). The maximum Gasteiger partial charge on any atom is 0.326 e. The molecule has 70 heavy (non-hydrogen) atoms. The number of carbonyl (C=O) groups excluding carboxylic acids is 2. The minimum Gasteiger partial charge on any atom is -0.481 e. The predicted octanol–water partition coefficient (Wildman–Crippen LogP) is 8.98. The van der Waals surface area contributed by atoms with Crippen LogP contribution in [0, 0.1) is 13.8 Å². The fraction of sp³-hybridized carbons (Fsp3) is 0.500. The molecule has 5 rings (SSSR count). The lowest BCUT2D eigenvalue weighted by molar-refractivity contribution is -0.147. The molecular weight excluding hydrogens is 901 g/mol. The lowest BCUT2D eigenvalue weighted by atomic mass is 9.97. The van der Waals surface area contributed by atoms with E-state index in [0.717, 1.165) is 94.0 Å². The second-order valence-corrected chi connectivity index (χ2v) is 18.1. The number of carboxylic acids is 4. The van der Waals surface area contributed by atoms with Crippen LogP contribution in [-0.2, 0) is 38.2 Å². The Morgan fingerprint density at radius 1 is 0.557 bits per heavy atom. The number of carboxylic acid groups (broad SMARTS) is 4. The number of amides is 2. The molecule has 2 aliphatic rings. The van der Waals surface area contributed by atoms with Crippen molar-refractivity contribution in [1.29, 1.82) is 0 Å². The summed E-state index contributed by atoms with van der Waals surface area (Å²) in [5.74, 6) is -7.06. The van der Waals surface area contributed by atoms with Gasteiger partial charge in [0.15, 0.2) is 0 Å². The lowest BCUT2D eigenvalue weighted by Gasteiger charge is -2.14. The SMILES string of the molecule is CCCCCOC(C)c1c(C)c2cc3[nH]c(cc4nc(cc5nc(cc1[nH]2)C(C)=C5CCC(=O)NC(CC(=O)O)C(=O)O)C(CCC(=O)NC(CC(=O)O)C(=O)O)=C4C)c(C)c3C(C)OCCCCC. The summed E-state index contributed by atoms with van der Waals surface area (Å²) in [6, 6.07) is 4.45. The van der Waals surface area contributed by atoms with E-state index >= 15 is 0 Å². The number of aryl methyl sites for hydroxylation is 2. The normalized spacial score (nSPS) is 14.3. The number of hydrogen-bond donors (Lipinski definition) is 8. The molecule has 378 valence electrons. The van der Waals surface area contributed by atoms with E-state index in [1.807, 2.05) is 46.8 Å². The molecule has 0 aliphatic carbocycles. The molecule has 3 aromatic rings. The van der Waals surface area contributed by atoms with Crippen LogP contribution in [0.2, 0.25) is 0 Å². The molecule has 4 unspecified atom stereocenters. The number of aliphatic carboxylic acids is 4. The molecule has 0 fully saturated rings. The van der Waals surface area contributed by atoms with Gasteiger partial charge in [-0.15, -0.1) is 0 Å². The number of nitrogens with zero attached hydrogens (tertiary/aromatic N) is 2. The molecule has 5 heterocycles. The van der Waals surface area contributed by atoms with Crippen molar-refractivity contribution < 1.29 is 58.7 Å². The Hall–Kier alpha value is -6.66. The van der Waals surface area contributed by atoms with Crippen LogP contribution >= 0.6 is 0 Å². The van der Waals surface area contributed by atoms with E-state index in [4.69, 9.17) is 19.4 Å². The van der Waals surface area contributed by atoms with E-state index in [0.29, 0.717) is 47.1 Å². The molecule has 0 spiro atoms. The van der Waals surface area contributed by atoms with Gasteiger partial charge in [0.2, 0.25) is 11.8 Å². The van der Waals surface area contributed by atoms with E-state index in [2.05, 4.69) is 47.4 Å². The number of aromatic nitrogens is 4. The predicted molar refractivity (Wildman–Crippen MR) is 265 cm³/mol. The van der Waals surface area contributed by atoms with Crippen molar-refractivity contribution in [2.45, 2.75) is 157 Å². The maximum absolute atomic E-state index is 13.3. The molecule has 0 aromatic carbocycles. The summed E-state index contributed by atoms with van der Waals surface area (Å²) in [6.45, 7) is 17.3. The average Bonchev–Trinajstić information content (AvgIpc) is 3.96. The highest BCUT2D eigenvalue weighted by Gasteiger charge is 2.28. The highest BCUT2D eigenvalue weighted by molar-refractivity contribution is 5.97. The quantitative estimate of drug-likeness (QED) is 0.0349. The molecule has 18 nitrogen and oxygen atoms in total. The lowest BCUT2D eigenvalue weighted by Crippen LogP contribution is -2.42. The molecule has 2 aliphatic heterocycles. The van der Waals surface area contributed by atoms with Gasteiger partial charge in [-0.05, 0) is 125 Å². The van der Waals surface area contributed by atoms with Crippen LogP contribution in [0.25, 0.3) is 44.4 Å². The summed E-state index contributed by atoms with van der Waals surface area (Å²) < 4.78 is 12.9. The Morgan fingerprint density at radius 3 is 1.33 bits per heavy atom. The van der Waals surface area contributed by atoms with Crippen molar-refractivity contribution in [3.63, 3.8) is 0 Å². The summed E-state index contributed by atoms with van der Waals surface area (Å²) in [5, 5.41) is 42.4. The van der Waals surface area contributed by atoms with Crippen molar-refractivity contribution in [2.75, 3.05) is 13.2 Å². The van der Waals surface area contributed by atoms with Crippen LogP contribution in [0.5, 0.6) is 0 Å². The Balaban J connectivity index is 1.77. The number of H-pyrrole nitrogens is 2. The molecule has 0 saturated heterocycles. The number of fused-ring (bicyclic) bond motifs is 8. The van der Waals surface area contributed by atoms with Gasteiger partial charge in [0.25, 0.3) is 0 Å². The zero-order valence-electron chi connectivity index (χ0n) is 41.5. The van der Waals surface area contributed by atoms with E-state index in [-0.39, 0.29) is 37.9 Å². The van der Waals surface area contributed by atoms with E-state index in [1.165, 1.54) is 0 Å². The van der Waals surface area contributed by atoms with Crippen LogP contribution in [0.4, 0.5) is 0 Å². The first-order chi connectivity index (χ1) is 33.2. The number of aromatic amines is 2. The Kier molecular flexibility index (Phi) is 19.2. The third kappa shape index (κ3) is 13.8. The fourth-order valence-corrected chi connectivity index (χ4v) is 8.97. The first-order valence-corrected chi connectivity index (χ1v) is 24.1. The van der Waals surface area contributed by atoms with Crippen molar-refractivity contribution in [1.82, 2.24) is 30.6 Å². The van der Waals surface area contributed by atoms with E-state index in [1.54, 1.807) is 6.07 Å². The van der Waals surface area contributed by atoms with Crippen LogP contribution in [0.15, 0.2) is 24.3 Å². The second kappa shape index (κ2) is 24.8. The van der Waals surface area contributed by atoms with Gasteiger partial charge in [0.1, 0.15) is 12.1 Å². The minimum absolute atomic E-state index is 0.0819. The number of ether oxygens (including phenoxy) is 2. The molecule has 3 aromatic heterocycles. The first-order valence-electron chi connectivity index (χ1n) is 24.1. The second-order valence-electron chi connectivity index (χ2n) is 18.1.